The fraction of sp³-hybridized carbons (Fsp3) is 0.824. The number of aliphatic imine (C=N–C) groups is 1. The fourth-order valence-corrected chi connectivity index (χ4v) is 3.59. The van der Waals surface area contributed by atoms with Crippen molar-refractivity contribution < 1.29 is 14.3 Å². The Morgan fingerprint density at radius 1 is 1.35 bits per heavy atom. The molecule has 2 unspecified atom stereocenters. The zero-order valence-corrected chi connectivity index (χ0v) is 18.0. The Kier molecular flexibility index (Phi) is 7.93. The molecule has 1 N–H and O–H groups in total. The molecule has 2 atom stereocenters. The summed E-state index contributed by atoms with van der Waals surface area (Å²) in [5.41, 5.74) is 0. The number of nitrogens with zero attached hydrogens (tertiary/aromatic N) is 4. The van der Waals surface area contributed by atoms with Crippen LogP contribution in [0.25, 0.3) is 0 Å². The third-order valence-corrected chi connectivity index (χ3v) is 5.23. The molecule has 0 radical (unpaired) electrons. The molecule has 3 aliphatic rings. The number of amides is 2. The van der Waals surface area contributed by atoms with Gasteiger partial charge in [-0.3, -0.25) is 9.59 Å². The number of piperazine rings is 1. The van der Waals surface area contributed by atoms with Gasteiger partial charge >= 0.3 is 0 Å². The molecule has 0 aromatic heterocycles. The molecule has 3 aliphatic heterocycles. The van der Waals surface area contributed by atoms with Crippen LogP contribution in [0, 0.1) is 5.92 Å². The fourth-order valence-electron chi connectivity index (χ4n) is 3.59. The summed E-state index contributed by atoms with van der Waals surface area (Å²) in [7, 11) is 3.48. The number of nitrogens with one attached hydrogen (secondary N) is 1. The summed E-state index contributed by atoms with van der Waals surface area (Å²) in [5.74, 6) is 1.52. The van der Waals surface area contributed by atoms with Crippen LogP contribution in [0.4, 0.5) is 0 Å². The third kappa shape index (κ3) is 5.21. The van der Waals surface area contributed by atoms with Crippen molar-refractivity contribution in [1.29, 1.82) is 0 Å². The maximum absolute atomic E-state index is 11.9. The monoisotopic (exact) mass is 479 g/mol. The Hall–Kier alpha value is -1.10. The van der Waals surface area contributed by atoms with E-state index in [0.29, 0.717) is 12.3 Å². The van der Waals surface area contributed by atoms with Gasteiger partial charge in [-0.15, -0.1) is 24.0 Å². The number of likely N-dealkylation sites (N-methyl/N-ethyl adjacent to an activating group) is 1. The summed E-state index contributed by atoms with van der Waals surface area (Å²) >= 11 is 0. The smallest absolute Gasteiger partial charge is 0.243 e. The SMILES string of the molecule is CN(C)C(=O)CN=C(NCC1CCOC1)N1CCN2C(=O)CCC2C1.I. The number of ether oxygens (including phenoxy) is 1. The first-order valence-electron chi connectivity index (χ1n) is 9.15. The van der Waals surface area contributed by atoms with E-state index < -0.39 is 0 Å². The Bertz CT molecular complexity index is 536. The number of halogens is 1. The molecular weight excluding hydrogens is 449 g/mol. The highest BCUT2D eigenvalue weighted by atomic mass is 127. The molecule has 3 heterocycles. The van der Waals surface area contributed by atoms with Gasteiger partial charge in [0.1, 0.15) is 6.54 Å². The van der Waals surface area contributed by atoms with E-state index in [4.69, 9.17) is 4.74 Å². The molecule has 0 saturated carbocycles. The average molecular weight is 479 g/mol. The Balaban J connectivity index is 0.00000243. The number of carbonyl (C=O) groups excluding carboxylic acids is 2. The second-order valence-electron chi connectivity index (χ2n) is 7.26. The van der Waals surface area contributed by atoms with Crippen LogP contribution in [0.1, 0.15) is 19.3 Å². The van der Waals surface area contributed by atoms with Gasteiger partial charge in [0.05, 0.1) is 6.61 Å². The summed E-state index contributed by atoms with van der Waals surface area (Å²) in [4.78, 5) is 34.1. The lowest BCUT2D eigenvalue weighted by atomic mass is 10.1. The summed E-state index contributed by atoms with van der Waals surface area (Å²) in [6.07, 6.45) is 2.62. The van der Waals surface area contributed by atoms with E-state index in [1.807, 2.05) is 4.90 Å². The van der Waals surface area contributed by atoms with Crippen LogP contribution < -0.4 is 5.32 Å². The maximum atomic E-state index is 11.9. The quantitative estimate of drug-likeness (QED) is 0.349. The molecule has 2 amide bonds. The lowest BCUT2D eigenvalue weighted by Gasteiger charge is -2.39. The number of hydrogen-bond donors (Lipinski definition) is 1. The van der Waals surface area contributed by atoms with Crippen molar-refractivity contribution in [3.05, 3.63) is 0 Å². The number of guanidine groups is 1. The van der Waals surface area contributed by atoms with Gasteiger partial charge in [-0.25, -0.2) is 4.99 Å². The molecule has 3 fully saturated rings. The van der Waals surface area contributed by atoms with E-state index in [-0.39, 0.29) is 48.4 Å². The maximum Gasteiger partial charge on any atom is 0.243 e. The van der Waals surface area contributed by atoms with Gasteiger partial charge in [0.15, 0.2) is 5.96 Å². The van der Waals surface area contributed by atoms with Crippen LogP contribution in [0.5, 0.6) is 0 Å². The van der Waals surface area contributed by atoms with Crippen molar-refractivity contribution in [3.8, 4) is 0 Å². The van der Waals surface area contributed by atoms with Crippen molar-refractivity contribution in [1.82, 2.24) is 20.0 Å². The highest BCUT2D eigenvalue weighted by Crippen LogP contribution is 2.23. The Morgan fingerprint density at radius 2 is 2.15 bits per heavy atom. The largest absolute Gasteiger partial charge is 0.381 e. The molecule has 0 aromatic rings. The van der Waals surface area contributed by atoms with Crippen LogP contribution >= 0.6 is 24.0 Å². The molecule has 0 aromatic carbocycles. The number of hydrogen-bond acceptors (Lipinski definition) is 4. The predicted octanol–water partition coefficient (Wildman–Crippen LogP) is -0.0187. The molecule has 148 valence electrons. The van der Waals surface area contributed by atoms with Crippen LogP contribution in [0.3, 0.4) is 0 Å². The van der Waals surface area contributed by atoms with Crippen LogP contribution in [-0.4, -0.2) is 98.5 Å². The summed E-state index contributed by atoms with van der Waals surface area (Å²) in [6.45, 7) is 4.82. The second kappa shape index (κ2) is 9.72. The summed E-state index contributed by atoms with van der Waals surface area (Å²) < 4.78 is 5.43. The highest BCUT2D eigenvalue weighted by Gasteiger charge is 2.36. The van der Waals surface area contributed by atoms with Crippen LogP contribution in [0.2, 0.25) is 0 Å². The third-order valence-electron chi connectivity index (χ3n) is 5.23. The summed E-state index contributed by atoms with van der Waals surface area (Å²) in [5, 5.41) is 3.44. The van der Waals surface area contributed by atoms with E-state index >= 15 is 0 Å². The standard InChI is InChI=1S/C17H29N5O3.HI/c1-20(2)16(24)10-19-17(18-9-13-5-8-25-12-13)21-6-7-22-14(11-21)3-4-15(22)23;/h13-14H,3-12H2,1-2H3,(H,18,19);1H. The van der Waals surface area contributed by atoms with Gasteiger partial charge in [0.25, 0.3) is 0 Å². The van der Waals surface area contributed by atoms with Crippen molar-refractivity contribution in [2.45, 2.75) is 25.3 Å². The van der Waals surface area contributed by atoms with E-state index in [1.165, 1.54) is 0 Å². The first-order valence-corrected chi connectivity index (χ1v) is 9.15. The number of fused-ring (bicyclic) bond motifs is 1. The zero-order valence-electron chi connectivity index (χ0n) is 15.6. The molecule has 3 rings (SSSR count). The molecule has 0 spiro atoms. The first kappa shape index (κ1) is 21.2. The van der Waals surface area contributed by atoms with E-state index in [0.717, 1.165) is 58.2 Å². The minimum Gasteiger partial charge on any atom is -0.381 e. The second-order valence-corrected chi connectivity index (χ2v) is 7.26. The van der Waals surface area contributed by atoms with E-state index in [1.54, 1.807) is 19.0 Å². The van der Waals surface area contributed by atoms with Gasteiger partial charge in [0, 0.05) is 65.3 Å². The zero-order chi connectivity index (χ0) is 17.8. The van der Waals surface area contributed by atoms with E-state index in [2.05, 4.69) is 15.2 Å². The lowest BCUT2D eigenvalue weighted by Crippen LogP contribution is -2.56. The van der Waals surface area contributed by atoms with Crippen molar-refractivity contribution in [2.24, 2.45) is 10.9 Å². The average Bonchev–Trinajstić information content (AvgIpc) is 3.24. The molecule has 26 heavy (non-hydrogen) atoms. The predicted molar refractivity (Wildman–Crippen MR) is 110 cm³/mol. The minimum atomic E-state index is -0.0156. The number of carbonyl (C=O) groups is 2. The molecule has 0 bridgehead atoms. The Morgan fingerprint density at radius 3 is 2.85 bits per heavy atom. The van der Waals surface area contributed by atoms with Crippen LogP contribution in [-0.2, 0) is 14.3 Å². The van der Waals surface area contributed by atoms with Gasteiger partial charge in [-0.1, -0.05) is 0 Å². The molecular formula is C17H30IN5O3. The normalized spacial score (nSPS) is 25.8. The van der Waals surface area contributed by atoms with Gasteiger partial charge < -0.3 is 24.8 Å². The molecule has 8 nitrogen and oxygen atoms in total. The van der Waals surface area contributed by atoms with Crippen molar-refractivity contribution in [2.75, 3.05) is 60.0 Å². The molecule has 3 saturated heterocycles. The van der Waals surface area contributed by atoms with Crippen LogP contribution in [0.15, 0.2) is 4.99 Å². The molecule has 9 heteroatoms. The highest BCUT2D eigenvalue weighted by molar-refractivity contribution is 14.0. The summed E-state index contributed by atoms with van der Waals surface area (Å²) in [6, 6.07) is 0.271. The molecule has 0 aliphatic carbocycles. The first-order chi connectivity index (χ1) is 12.0. The Labute approximate surface area is 172 Å². The van der Waals surface area contributed by atoms with Gasteiger partial charge in [-0.2, -0.15) is 0 Å². The van der Waals surface area contributed by atoms with E-state index in [9.17, 15) is 9.59 Å². The number of rotatable bonds is 4. The minimum absolute atomic E-state index is 0. The van der Waals surface area contributed by atoms with Gasteiger partial charge in [0.2, 0.25) is 11.8 Å². The van der Waals surface area contributed by atoms with Crippen molar-refractivity contribution >= 4 is 41.8 Å². The lowest BCUT2D eigenvalue weighted by molar-refractivity contribution is -0.130. The van der Waals surface area contributed by atoms with Gasteiger partial charge in [-0.05, 0) is 12.8 Å². The van der Waals surface area contributed by atoms with Crippen molar-refractivity contribution in [3.63, 3.8) is 0 Å². The topological polar surface area (TPSA) is 77.5 Å².